The van der Waals surface area contributed by atoms with Crippen LogP contribution in [-0.4, -0.2) is 44.8 Å². The second-order valence-electron chi connectivity index (χ2n) is 4.19. The number of rotatable bonds is 3. The molecule has 0 aromatic heterocycles. The summed E-state index contributed by atoms with van der Waals surface area (Å²) in [4.78, 5) is 10.9. The minimum Gasteiger partial charge on any atom is -0.467 e. The van der Waals surface area contributed by atoms with E-state index in [0.717, 1.165) is 25.7 Å². The Morgan fingerprint density at radius 2 is 1.94 bits per heavy atom. The molecule has 2 fully saturated rings. The highest BCUT2D eigenvalue weighted by Crippen LogP contribution is 2.36. The summed E-state index contributed by atoms with van der Waals surface area (Å²) >= 11 is 0. The molecule has 0 atom stereocenters. The molecule has 5 nitrogen and oxygen atoms in total. The van der Waals surface area contributed by atoms with Gasteiger partial charge in [0.05, 0.1) is 26.4 Å². The zero-order chi connectivity index (χ0) is 11.4. The van der Waals surface area contributed by atoms with Gasteiger partial charge in [-0.3, -0.25) is 0 Å². The smallest absolute Gasteiger partial charge is 0.331 e. The average Bonchev–Trinajstić information content (AvgIpc) is 2.77. The summed E-state index contributed by atoms with van der Waals surface area (Å²) in [6.07, 6.45) is 3.56. The van der Waals surface area contributed by atoms with Gasteiger partial charge in [0.1, 0.15) is 6.61 Å². The molecule has 5 heteroatoms. The van der Waals surface area contributed by atoms with E-state index in [1.807, 2.05) is 0 Å². The topological polar surface area (TPSA) is 54.0 Å². The second kappa shape index (κ2) is 5.12. The summed E-state index contributed by atoms with van der Waals surface area (Å²) in [5.74, 6) is -0.681. The maximum absolute atomic E-state index is 10.9. The van der Waals surface area contributed by atoms with E-state index >= 15 is 0 Å². The van der Waals surface area contributed by atoms with Crippen molar-refractivity contribution in [3.8, 4) is 0 Å². The molecule has 0 aromatic carbocycles. The molecule has 2 aliphatic rings. The lowest BCUT2D eigenvalue weighted by Crippen LogP contribution is -2.38. The molecule has 1 saturated carbocycles. The zero-order valence-electron chi connectivity index (χ0n) is 9.57. The highest BCUT2D eigenvalue weighted by atomic mass is 16.7. The lowest BCUT2D eigenvalue weighted by atomic mass is 9.92. The fourth-order valence-electron chi connectivity index (χ4n) is 2.23. The molecule has 2 rings (SSSR count). The molecule has 0 radical (unpaired) electrons. The van der Waals surface area contributed by atoms with Gasteiger partial charge in [0.15, 0.2) is 5.79 Å². The highest BCUT2D eigenvalue weighted by molar-refractivity contribution is 5.70. The first-order valence-electron chi connectivity index (χ1n) is 5.70. The van der Waals surface area contributed by atoms with Crippen molar-refractivity contribution < 1.29 is 23.7 Å². The largest absolute Gasteiger partial charge is 0.467 e. The van der Waals surface area contributed by atoms with Gasteiger partial charge in [-0.1, -0.05) is 0 Å². The number of ether oxygens (including phenoxy) is 4. The molecule has 0 unspecified atom stereocenters. The summed E-state index contributed by atoms with van der Waals surface area (Å²) < 4.78 is 21.2. The van der Waals surface area contributed by atoms with Gasteiger partial charge in [0, 0.05) is 12.8 Å². The fourth-order valence-corrected chi connectivity index (χ4v) is 2.23. The number of hydrogen-bond acceptors (Lipinski definition) is 5. The predicted octanol–water partition coefficient (Wildman–Crippen LogP) is 0.862. The summed E-state index contributed by atoms with van der Waals surface area (Å²) in [6, 6.07) is 0. The molecule has 1 aliphatic carbocycles. The Balaban J connectivity index is 1.70. The van der Waals surface area contributed by atoms with Crippen LogP contribution in [0.4, 0.5) is 0 Å². The van der Waals surface area contributed by atoms with Gasteiger partial charge in [-0.25, -0.2) is 4.79 Å². The number of carbonyl (C=O) groups is 1. The molecular weight excluding hydrogens is 212 g/mol. The number of methoxy groups -OCH3 is 1. The van der Waals surface area contributed by atoms with Gasteiger partial charge < -0.3 is 18.9 Å². The van der Waals surface area contributed by atoms with Crippen molar-refractivity contribution in [3.05, 3.63) is 0 Å². The van der Waals surface area contributed by atoms with Crippen LogP contribution in [0.3, 0.4) is 0 Å². The van der Waals surface area contributed by atoms with Crippen LogP contribution in [0.25, 0.3) is 0 Å². The van der Waals surface area contributed by atoms with Gasteiger partial charge in [-0.2, -0.15) is 0 Å². The van der Waals surface area contributed by atoms with Gasteiger partial charge in [-0.15, -0.1) is 0 Å². The van der Waals surface area contributed by atoms with Crippen LogP contribution in [-0.2, 0) is 23.7 Å². The minimum atomic E-state index is -0.356. The molecule has 1 aliphatic heterocycles. The molecular formula is C11H18O5. The van der Waals surface area contributed by atoms with Crippen molar-refractivity contribution in [3.63, 3.8) is 0 Å². The first-order chi connectivity index (χ1) is 7.74. The molecule has 92 valence electrons. The third-order valence-electron chi connectivity index (χ3n) is 3.17. The van der Waals surface area contributed by atoms with Crippen molar-refractivity contribution >= 4 is 5.97 Å². The third kappa shape index (κ3) is 2.72. The molecule has 0 bridgehead atoms. The Morgan fingerprint density at radius 1 is 1.31 bits per heavy atom. The van der Waals surface area contributed by atoms with Crippen LogP contribution >= 0.6 is 0 Å². The maximum atomic E-state index is 10.9. The highest BCUT2D eigenvalue weighted by Gasteiger charge is 2.40. The number of hydrogen-bond donors (Lipinski definition) is 0. The van der Waals surface area contributed by atoms with E-state index in [4.69, 9.17) is 14.2 Å². The van der Waals surface area contributed by atoms with E-state index in [-0.39, 0.29) is 24.5 Å². The first kappa shape index (κ1) is 11.8. The molecule has 1 spiro atoms. The standard InChI is InChI=1S/C11H18O5/c1-13-10(12)8-14-9-2-4-11(5-3-9)15-6-7-16-11/h9H,2-8H2,1H3. The van der Waals surface area contributed by atoms with Gasteiger partial charge in [0.2, 0.25) is 0 Å². The van der Waals surface area contributed by atoms with E-state index in [9.17, 15) is 4.79 Å². The van der Waals surface area contributed by atoms with E-state index < -0.39 is 0 Å². The zero-order valence-corrected chi connectivity index (χ0v) is 9.57. The van der Waals surface area contributed by atoms with Gasteiger partial charge >= 0.3 is 5.97 Å². The molecule has 1 saturated heterocycles. The van der Waals surface area contributed by atoms with Crippen molar-refractivity contribution in [2.75, 3.05) is 26.9 Å². The van der Waals surface area contributed by atoms with Gasteiger partial charge in [0.25, 0.3) is 0 Å². The van der Waals surface area contributed by atoms with Crippen molar-refractivity contribution in [1.82, 2.24) is 0 Å². The van der Waals surface area contributed by atoms with E-state index in [0.29, 0.717) is 13.2 Å². The summed E-state index contributed by atoms with van der Waals surface area (Å²) in [6.45, 7) is 1.41. The van der Waals surface area contributed by atoms with E-state index in [2.05, 4.69) is 4.74 Å². The van der Waals surface area contributed by atoms with Crippen molar-refractivity contribution in [2.45, 2.75) is 37.6 Å². The van der Waals surface area contributed by atoms with Crippen LogP contribution in [0.1, 0.15) is 25.7 Å². The molecule has 0 amide bonds. The van der Waals surface area contributed by atoms with Gasteiger partial charge in [-0.05, 0) is 12.8 Å². The number of esters is 1. The predicted molar refractivity (Wildman–Crippen MR) is 54.9 cm³/mol. The monoisotopic (exact) mass is 230 g/mol. The lowest BCUT2D eigenvalue weighted by molar-refractivity contribution is -0.193. The van der Waals surface area contributed by atoms with Crippen molar-refractivity contribution in [2.24, 2.45) is 0 Å². The van der Waals surface area contributed by atoms with E-state index in [1.54, 1.807) is 0 Å². The Labute approximate surface area is 95.0 Å². The van der Waals surface area contributed by atoms with Crippen LogP contribution in [0.5, 0.6) is 0 Å². The molecule has 16 heavy (non-hydrogen) atoms. The summed E-state index contributed by atoms with van der Waals surface area (Å²) in [7, 11) is 1.36. The molecule has 1 heterocycles. The normalized spacial score (nSPS) is 24.8. The Kier molecular flexibility index (Phi) is 3.78. The maximum Gasteiger partial charge on any atom is 0.331 e. The quantitative estimate of drug-likeness (QED) is 0.673. The van der Waals surface area contributed by atoms with Crippen LogP contribution < -0.4 is 0 Å². The first-order valence-corrected chi connectivity index (χ1v) is 5.70. The lowest BCUT2D eigenvalue weighted by Gasteiger charge is -2.35. The van der Waals surface area contributed by atoms with E-state index in [1.165, 1.54) is 7.11 Å². The van der Waals surface area contributed by atoms with Crippen LogP contribution in [0.2, 0.25) is 0 Å². The van der Waals surface area contributed by atoms with Crippen molar-refractivity contribution in [1.29, 1.82) is 0 Å². The fraction of sp³-hybridized carbons (Fsp3) is 0.909. The SMILES string of the molecule is COC(=O)COC1CCC2(CC1)OCCO2. The van der Waals surface area contributed by atoms with Crippen LogP contribution in [0.15, 0.2) is 0 Å². The summed E-state index contributed by atoms with van der Waals surface area (Å²) in [5, 5.41) is 0. The Morgan fingerprint density at radius 3 is 2.50 bits per heavy atom. The third-order valence-corrected chi connectivity index (χ3v) is 3.17. The summed E-state index contributed by atoms with van der Waals surface area (Å²) in [5.41, 5.74) is 0. The minimum absolute atomic E-state index is 0.0376. The Hall–Kier alpha value is -0.650. The van der Waals surface area contributed by atoms with Crippen LogP contribution in [0, 0.1) is 0 Å². The average molecular weight is 230 g/mol. The molecule has 0 aromatic rings. The molecule has 0 N–H and O–H groups in total. The Bertz CT molecular complexity index is 237. The number of carbonyl (C=O) groups excluding carboxylic acids is 1. The second-order valence-corrected chi connectivity index (χ2v) is 4.19.